The van der Waals surface area contributed by atoms with Gasteiger partial charge in [-0.15, -0.1) is 0 Å². The van der Waals surface area contributed by atoms with E-state index in [0.29, 0.717) is 11.3 Å². The summed E-state index contributed by atoms with van der Waals surface area (Å²) < 4.78 is 33.5. The molecule has 7 nitrogen and oxygen atoms in total. The summed E-state index contributed by atoms with van der Waals surface area (Å²) in [5.74, 6) is 0.590. The number of sulfonamides is 1. The van der Waals surface area contributed by atoms with Crippen molar-refractivity contribution in [2.45, 2.75) is 4.90 Å². The summed E-state index contributed by atoms with van der Waals surface area (Å²) in [4.78, 5) is 12.3. The lowest BCUT2D eigenvalue weighted by Crippen LogP contribution is -2.14. The summed E-state index contributed by atoms with van der Waals surface area (Å²) in [6.07, 6.45) is 4.25. The topological polar surface area (TPSA) is 94.1 Å². The highest BCUT2D eigenvalue weighted by atomic mass is 32.2. The molecule has 8 heteroatoms. The van der Waals surface area contributed by atoms with E-state index in [1.54, 1.807) is 42.6 Å². The molecule has 0 fully saturated rings. The van der Waals surface area contributed by atoms with Crippen molar-refractivity contribution in [1.82, 2.24) is 15.0 Å². The van der Waals surface area contributed by atoms with Gasteiger partial charge in [-0.2, -0.15) is 0 Å². The van der Waals surface area contributed by atoms with E-state index in [-0.39, 0.29) is 16.6 Å². The molecule has 2 aromatic carbocycles. The second kappa shape index (κ2) is 7.00. The Morgan fingerprint density at radius 1 is 0.815 bits per heavy atom. The fraction of sp³-hybridized carbons (Fsp3) is 0. The average molecular weight is 378 g/mol. The van der Waals surface area contributed by atoms with Crippen molar-refractivity contribution >= 4 is 26.6 Å². The molecule has 4 aromatic rings. The Morgan fingerprint density at radius 2 is 1.56 bits per heavy atom. The first kappa shape index (κ1) is 16.9. The molecule has 4 rings (SSSR count). The third kappa shape index (κ3) is 3.70. The van der Waals surface area contributed by atoms with Crippen LogP contribution >= 0.6 is 0 Å². The zero-order valence-corrected chi connectivity index (χ0v) is 14.8. The monoisotopic (exact) mass is 378 g/mol. The molecular formula is C19H14N4O3S. The molecule has 134 valence electrons. The Hall–Kier alpha value is -3.52. The molecule has 0 radical (unpaired) electrons. The van der Waals surface area contributed by atoms with Crippen molar-refractivity contribution in [3.63, 3.8) is 0 Å². The third-order valence-corrected chi connectivity index (χ3v) is 5.13. The van der Waals surface area contributed by atoms with Gasteiger partial charge >= 0.3 is 6.01 Å². The number of hydrogen-bond donors (Lipinski definition) is 1. The molecule has 0 aliphatic rings. The van der Waals surface area contributed by atoms with Gasteiger partial charge in [0.2, 0.25) is 0 Å². The zero-order valence-electron chi connectivity index (χ0n) is 14.0. The number of anilines is 1. The van der Waals surface area contributed by atoms with Gasteiger partial charge in [0.15, 0.2) is 0 Å². The van der Waals surface area contributed by atoms with E-state index in [1.165, 1.54) is 18.5 Å². The minimum atomic E-state index is -3.84. The first-order valence-electron chi connectivity index (χ1n) is 8.03. The summed E-state index contributed by atoms with van der Waals surface area (Å²) in [6.45, 7) is 0. The standard InChI is InChI=1S/C19H14N4O3S/c24-27(25,17-10-4-6-14-7-5-11-20-18(14)17)23-15-12-21-19(22-13-15)26-16-8-2-1-3-9-16/h1-13,23H. The van der Waals surface area contributed by atoms with Crippen molar-refractivity contribution in [2.24, 2.45) is 0 Å². The first-order valence-corrected chi connectivity index (χ1v) is 9.52. The maximum Gasteiger partial charge on any atom is 0.322 e. The van der Waals surface area contributed by atoms with E-state index in [4.69, 9.17) is 4.74 Å². The molecular weight excluding hydrogens is 364 g/mol. The number of nitrogens with one attached hydrogen (secondary N) is 1. The lowest BCUT2D eigenvalue weighted by Gasteiger charge is -2.10. The van der Waals surface area contributed by atoms with Gasteiger partial charge in [-0.05, 0) is 24.3 Å². The molecule has 2 aromatic heterocycles. The maximum absolute atomic E-state index is 12.8. The minimum Gasteiger partial charge on any atom is -0.424 e. The van der Waals surface area contributed by atoms with E-state index in [2.05, 4.69) is 19.7 Å². The van der Waals surface area contributed by atoms with E-state index < -0.39 is 10.0 Å². The molecule has 0 aliphatic heterocycles. The largest absolute Gasteiger partial charge is 0.424 e. The molecule has 0 spiro atoms. The fourth-order valence-electron chi connectivity index (χ4n) is 2.52. The van der Waals surface area contributed by atoms with Crippen molar-refractivity contribution in [1.29, 1.82) is 0 Å². The third-order valence-electron chi connectivity index (χ3n) is 3.72. The summed E-state index contributed by atoms with van der Waals surface area (Å²) in [7, 11) is -3.84. The predicted octanol–water partition coefficient (Wildman–Crippen LogP) is 3.62. The van der Waals surface area contributed by atoms with Crippen LogP contribution in [0.3, 0.4) is 0 Å². The van der Waals surface area contributed by atoms with Gasteiger partial charge < -0.3 is 4.74 Å². The normalized spacial score (nSPS) is 11.3. The molecule has 0 saturated carbocycles. The van der Waals surface area contributed by atoms with Crippen molar-refractivity contribution in [2.75, 3.05) is 4.72 Å². The fourth-order valence-corrected chi connectivity index (χ4v) is 3.73. The van der Waals surface area contributed by atoms with Crippen LogP contribution in [-0.4, -0.2) is 23.4 Å². The molecule has 1 N–H and O–H groups in total. The van der Waals surface area contributed by atoms with Crippen molar-refractivity contribution < 1.29 is 13.2 Å². The Balaban J connectivity index is 1.57. The molecule has 0 amide bonds. The number of fused-ring (bicyclic) bond motifs is 1. The number of nitrogens with zero attached hydrogens (tertiary/aromatic N) is 3. The number of pyridine rings is 1. The van der Waals surface area contributed by atoms with Crippen LogP contribution in [0.5, 0.6) is 11.8 Å². The van der Waals surface area contributed by atoms with Gasteiger partial charge in [0.25, 0.3) is 10.0 Å². The molecule has 27 heavy (non-hydrogen) atoms. The van der Waals surface area contributed by atoms with Crippen LogP contribution < -0.4 is 9.46 Å². The SMILES string of the molecule is O=S(=O)(Nc1cnc(Oc2ccccc2)nc1)c1cccc2cccnc12. The average Bonchev–Trinajstić information content (AvgIpc) is 2.70. The van der Waals surface area contributed by atoms with Gasteiger partial charge in [0.1, 0.15) is 10.6 Å². The van der Waals surface area contributed by atoms with E-state index in [0.717, 1.165) is 5.39 Å². The summed E-state index contributed by atoms with van der Waals surface area (Å²) in [6, 6.07) is 17.7. The summed E-state index contributed by atoms with van der Waals surface area (Å²) in [5.41, 5.74) is 0.626. The second-order valence-electron chi connectivity index (χ2n) is 5.61. The predicted molar refractivity (Wildman–Crippen MR) is 101 cm³/mol. The number of benzene rings is 2. The summed E-state index contributed by atoms with van der Waals surface area (Å²) in [5, 5.41) is 0.739. The number of aromatic nitrogens is 3. The molecule has 0 bridgehead atoms. The van der Waals surface area contributed by atoms with Gasteiger partial charge in [0.05, 0.1) is 23.6 Å². The molecule has 0 saturated heterocycles. The van der Waals surface area contributed by atoms with Crippen LogP contribution in [0.15, 0.2) is 84.1 Å². The molecule has 2 heterocycles. The number of rotatable bonds is 5. The van der Waals surface area contributed by atoms with Gasteiger partial charge in [-0.25, -0.2) is 18.4 Å². The van der Waals surface area contributed by atoms with E-state index >= 15 is 0 Å². The smallest absolute Gasteiger partial charge is 0.322 e. The van der Waals surface area contributed by atoms with E-state index in [1.807, 2.05) is 18.2 Å². The molecule has 0 unspecified atom stereocenters. The van der Waals surface area contributed by atoms with Crippen LogP contribution in [0.1, 0.15) is 0 Å². The highest BCUT2D eigenvalue weighted by molar-refractivity contribution is 7.93. The van der Waals surface area contributed by atoms with Gasteiger partial charge in [0, 0.05) is 11.6 Å². The lowest BCUT2D eigenvalue weighted by molar-refractivity contribution is 0.442. The second-order valence-corrected chi connectivity index (χ2v) is 7.26. The van der Waals surface area contributed by atoms with Crippen LogP contribution in [0.2, 0.25) is 0 Å². The number of hydrogen-bond acceptors (Lipinski definition) is 6. The number of para-hydroxylation sites is 2. The molecule has 0 aliphatic carbocycles. The quantitative estimate of drug-likeness (QED) is 0.570. The maximum atomic E-state index is 12.8. The summed E-state index contributed by atoms with van der Waals surface area (Å²) >= 11 is 0. The first-order chi connectivity index (χ1) is 13.1. The van der Waals surface area contributed by atoms with Crippen molar-refractivity contribution in [3.05, 3.63) is 79.3 Å². The highest BCUT2D eigenvalue weighted by Gasteiger charge is 2.18. The van der Waals surface area contributed by atoms with Crippen LogP contribution in [-0.2, 0) is 10.0 Å². The van der Waals surface area contributed by atoms with Crippen molar-refractivity contribution in [3.8, 4) is 11.8 Å². The van der Waals surface area contributed by atoms with Crippen LogP contribution in [0, 0.1) is 0 Å². The molecule has 0 atom stereocenters. The van der Waals surface area contributed by atoms with Crippen LogP contribution in [0.25, 0.3) is 10.9 Å². The Labute approximate surface area is 155 Å². The minimum absolute atomic E-state index is 0.0882. The Bertz CT molecular complexity index is 1180. The number of ether oxygens (including phenoxy) is 1. The Morgan fingerprint density at radius 3 is 2.33 bits per heavy atom. The van der Waals surface area contributed by atoms with E-state index in [9.17, 15) is 8.42 Å². The van der Waals surface area contributed by atoms with Gasteiger partial charge in [-0.3, -0.25) is 9.71 Å². The van der Waals surface area contributed by atoms with Gasteiger partial charge in [-0.1, -0.05) is 36.4 Å². The highest BCUT2D eigenvalue weighted by Crippen LogP contribution is 2.23. The zero-order chi connectivity index (χ0) is 18.7. The lowest BCUT2D eigenvalue weighted by atomic mass is 10.2. The Kier molecular flexibility index (Phi) is 4.39. The van der Waals surface area contributed by atoms with Crippen LogP contribution in [0.4, 0.5) is 5.69 Å².